The van der Waals surface area contributed by atoms with Gasteiger partial charge in [0.25, 0.3) is 11.5 Å². The van der Waals surface area contributed by atoms with E-state index in [4.69, 9.17) is 0 Å². The number of piperazine rings is 1. The monoisotopic (exact) mass is 519 g/mol. The molecule has 1 fully saturated rings. The van der Waals surface area contributed by atoms with Crippen molar-refractivity contribution in [3.05, 3.63) is 57.9 Å². The number of hydrogen-bond donors (Lipinski definition) is 2. The maximum absolute atomic E-state index is 14.7. The number of nitrogens with one attached hydrogen (secondary N) is 2. The van der Waals surface area contributed by atoms with Gasteiger partial charge in [0.15, 0.2) is 0 Å². The highest BCUT2D eigenvalue weighted by molar-refractivity contribution is 6.35. The molecule has 2 N–H and O–H groups in total. The predicted octanol–water partition coefficient (Wildman–Crippen LogP) is 2.68. The first-order chi connectivity index (χ1) is 18.2. The number of halogens is 1. The Labute approximate surface area is 221 Å². The Balaban J connectivity index is 1.46. The minimum absolute atomic E-state index is 0.194. The van der Waals surface area contributed by atoms with Crippen molar-refractivity contribution in [2.45, 2.75) is 6.42 Å². The third kappa shape index (κ3) is 5.14. The maximum Gasteiger partial charge on any atom is 0.261 e. The van der Waals surface area contributed by atoms with Crippen LogP contribution in [-0.4, -0.2) is 85.7 Å². The molecule has 5 rings (SSSR count). The third-order valence-electron chi connectivity index (χ3n) is 7.22. The minimum Gasteiger partial charge on any atom is -0.383 e. The van der Waals surface area contributed by atoms with Crippen LogP contribution in [0.5, 0.6) is 0 Å². The van der Waals surface area contributed by atoms with Crippen molar-refractivity contribution in [2.75, 3.05) is 75.9 Å². The third-order valence-corrected chi connectivity index (χ3v) is 7.22. The molecule has 0 unspecified atom stereocenters. The van der Waals surface area contributed by atoms with Gasteiger partial charge in [0.1, 0.15) is 11.6 Å². The standard InChI is InChI=1S/C28H34FN7O2/c1-33(2)9-5-8-30-25-17-24-21(15-22(25)29)28(38)35(4)26(31-24)16-20-19-7-6-18(14-23(19)32-27(20)37)36-12-10-34(3)11-13-36/h6-7,14-17,30H,5,8-13H2,1-4H3,(H,32,37)/b20-16+. The lowest BCUT2D eigenvalue weighted by Gasteiger charge is -2.34. The highest BCUT2D eigenvalue weighted by Gasteiger charge is 2.26. The van der Waals surface area contributed by atoms with Crippen molar-refractivity contribution in [3.63, 3.8) is 0 Å². The summed E-state index contributed by atoms with van der Waals surface area (Å²) in [6.45, 7) is 5.32. The first-order valence-corrected chi connectivity index (χ1v) is 12.9. The summed E-state index contributed by atoms with van der Waals surface area (Å²) in [4.78, 5) is 37.3. The van der Waals surface area contributed by atoms with Crippen molar-refractivity contribution in [3.8, 4) is 0 Å². The summed E-state index contributed by atoms with van der Waals surface area (Å²) in [6, 6.07) is 8.77. The van der Waals surface area contributed by atoms with Crippen LogP contribution in [0.25, 0.3) is 22.6 Å². The molecule has 9 nitrogen and oxygen atoms in total. The molecule has 1 amide bonds. The van der Waals surface area contributed by atoms with Gasteiger partial charge in [-0.05, 0) is 64.5 Å². The van der Waals surface area contributed by atoms with Crippen LogP contribution in [0.1, 0.15) is 17.8 Å². The van der Waals surface area contributed by atoms with E-state index in [9.17, 15) is 14.0 Å². The summed E-state index contributed by atoms with van der Waals surface area (Å²) in [6.07, 6.45) is 2.47. The molecule has 1 aromatic heterocycles. The van der Waals surface area contributed by atoms with E-state index in [1.165, 1.54) is 10.6 Å². The predicted molar refractivity (Wildman–Crippen MR) is 151 cm³/mol. The lowest BCUT2D eigenvalue weighted by molar-refractivity contribution is -0.110. The van der Waals surface area contributed by atoms with Gasteiger partial charge < -0.3 is 25.3 Å². The summed E-state index contributed by atoms with van der Waals surface area (Å²) in [5.74, 6) is -0.409. The van der Waals surface area contributed by atoms with E-state index in [1.54, 1.807) is 19.2 Å². The number of fused-ring (bicyclic) bond motifs is 2. The maximum atomic E-state index is 14.7. The molecule has 0 atom stereocenters. The Bertz CT molecular complexity index is 1470. The summed E-state index contributed by atoms with van der Waals surface area (Å²) < 4.78 is 16.1. The van der Waals surface area contributed by atoms with Crippen LogP contribution in [0.3, 0.4) is 0 Å². The van der Waals surface area contributed by atoms with E-state index in [0.29, 0.717) is 29.1 Å². The van der Waals surface area contributed by atoms with E-state index in [-0.39, 0.29) is 16.9 Å². The molecule has 2 aromatic carbocycles. The fourth-order valence-electron chi connectivity index (χ4n) is 4.91. The van der Waals surface area contributed by atoms with Crippen molar-refractivity contribution in [2.24, 2.45) is 7.05 Å². The quantitative estimate of drug-likeness (QED) is 0.367. The summed E-state index contributed by atoms with van der Waals surface area (Å²) in [7, 11) is 7.67. The number of carbonyl (C=O) groups excluding carboxylic acids is 1. The van der Waals surface area contributed by atoms with Gasteiger partial charge in [-0.2, -0.15) is 0 Å². The number of carbonyl (C=O) groups is 1. The van der Waals surface area contributed by atoms with E-state index < -0.39 is 5.82 Å². The average Bonchev–Trinajstić information content (AvgIpc) is 3.20. The van der Waals surface area contributed by atoms with Crippen molar-refractivity contribution >= 4 is 45.5 Å². The van der Waals surface area contributed by atoms with Crippen molar-refractivity contribution in [1.82, 2.24) is 19.4 Å². The number of aromatic nitrogens is 2. The molecule has 2 aliphatic heterocycles. The molecule has 3 heterocycles. The number of benzene rings is 2. The van der Waals surface area contributed by atoms with E-state index in [1.807, 2.05) is 32.3 Å². The number of nitrogens with zero attached hydrogens (tertiary/aromatic N) is 5. The zero-order valence-corrected chi connectivity index (χ0v) is 22.3. The highest BCUT2D eigenvalue weighted by Crippen LogP contribution is 2.36. The molecule has 0 saturated carbocycles. The molecule has 10 heteroatoms. The Morgan fingerprint density at radius 1 is 1.11 bits per heavy atom. The Kier molecular flexibility index (Phi) is 7.18. The second kappa shape index (κ2) is 10.5. The zero-order valence-electron chi connectivity index (χ0n) is 22.3. The van der Waals surface area contributed by atoms with Crippen LogP contribution in [0.15, 0.2) is 35.1 Å². The highest BCUT2D eigenvalue weighted by atomic mass is 19.1. The molecule has 0 radical (unpaired) electrons. The van der Waals surface area contributed by atoms with Gasteiger partial charge in [0, 0.05) is 51.0 Å². The molecule has 0 aliphatic carbocycles. The van der Waals surface area contributed by atoms with Crippen LogP contribution in [0, 0.1) is 5.82 Å². The lowest BCUT2D eigenvalue weighted by Crippen LogP contribution is -2.44. The van der Waals surface area contributed by atoms with Crippen LogP contribution >= 0.6 is 0 Å². The molecule has 3 aromatic rings. The van der Waals surface area contributed by atoms with E-state index in [2.05, 4.69) is 37.4 Å². The van der Waals surface area contributed by atoms with E-state index >= 15 is 0 Å². The van der Waals surface area contributed by atoms with Crippen LogP contribution < -0.4 is 21.1 Å². The van der Waals surface area contributed by atoms with Gasteiger partial charge in [-0.3, -0.25) is 14.2 Å². The number of anilines is 3. The Hall–Kier alpha value is -3.76. The van der Waals surface area contributed by atoms with Crippen molar-refractivity contribution in [1.29, 1.82) is 0 Å². The van der Waals surface area contributed by atoms with E-state index in [0.717, 1.165) is 56.1 Å². The molecule has 38 heavy (non-hydrogen) atoms. The molecular formula is C28H34FN7O2. The largest absolute Gasteiger partial charge is 0.383 e. The number of hydrogen-bond acceptors (Lipinski definition) is 7. The van der Waals surface area contributed by atoms with Crippen LogP contribution in [0.2, 0.25) is 0 Å². The molecule has 2 aliphatic rings. The molecule has 1 saturated heterocycles. The Morgan fingerprint density at radius 2 is 1.87 bits per heavy atom. The second-order valence-corrected chi connectivity index (χ2v) is 10.3. The lowest BCUT2D eigenvalue weighted by atomic mass is 10.1. The topological polar surface area (TPSA) is 85.7 Å². The Morgan fingerprint density at radius 3 is 2.61 bits per heavy atom. The number of rotatable bonds is 7. The average molecular weight is 520 g/mol. The fraction of sp³-hybridized carbons (Fsp3) is 0.393. The van der Waals surface area contributed by atoms with Gasteiger partial charge in [0.2, 0.25) is 0 Å². The van der Waals surface area contributed by atoms with Gasteiger partial charge in [0.05, 0.1) is 27.9 Å². The van der Waals surface area contributed by atoms with Crippen LogP contribution in [-0.2, 0) is 11.8 Å². The first kappa shape index (κ1) is 25.9. The number of likely N-dealkylation sites (N-methyl/N-ethyl adjacent to an activating group) is 1. The van der Waals surface area contributed by atoms with Gasteiger partial charge in [-0.15, -0.1) is 0 Å². The smallest absolute Gasteiger partial charge is 0.261 e. The summed E-state index contributed by atoms with van der Waals surface area (Å²) >= 11 is 0. The van der Waals surface area contributed by atoms with Gasteiger partial charge in [-0.25, -0.2) is 9.37 Å². The van der Waals surface area contributed by atoms with Gasteiger partial charge >= 0.3 is 0 Å². The van der Waals surface area contributed by atoms with Crippen LogP contribution in [0.4, 0.5) is 21.5 Å². The molecular weight excluding hydrogens is 485 g/mol. The second-order valence-electron chi connectivity index (χ2n) is 10.3. The summed E-state index contributed by atoms with van der Waals surface area (Å²) in [5, 5.41) is 6.26. The SMILES string of the molecule is CN(C)CCCNc1cc2nc(/C=C3/C(=O)Nc4cc(N5CCN(C)CC5)ccc43)n(C)c(=O)c2cc1F. The zero-order chi connectivity index (χ0) is 27.0. The molecule has 0 spiro atoms. The minimum atomic E-state index is -0.493. The molecule has 0 bridgehead atoms. The van der Waals surface area contributed by atoms with Gasteiger partial charge in [-0.1, -0.05) is 6.07 Å². The summed E-state index contributed by atoms with van der Waals surface area (Å²) in [5.41, 5.74) is 3.33. The van der Waals surface area contributed by atoms with Crippen molar-refractivity contribution < 1.29 is 9.18 Å². The number of amides is 1. The molecule has 200 valence electrons. The first-order valence-electron chi connectivity index (χ1n) is 12.9. The fourth-order valence-corrected chi connectivity index (χ4v) is 4.91. The normalized spacial score (nSPS) is 16.9.